The number of rotatable bonds is 2. The molecule has 0 aromatic heterocycles. The fraction of sp³-hybridized carbons (Fsp3) is 0.667. The van der Waals surface area contributed by atoms with Crippen LogP contribution in [0.4, 0.5) is 0 Å². The predicted molar refractivity (Wildman–Crippen MR) is 30.3 cm³/mol. The van der Waals surface area contributed by atoms with Crippen molar-refractivity contribution in [2.75, 3.05) is 7.05 Å². The van der Waals surface area contributed by atoms with Crippen molar-refractivity contribution < 1.29 is 0 Å². The Labute approximate surface area is 45.1 Å². The van der Waals surface area contributed by atoms with Crippen molar-refractivity contribution in [1.29, 1.82) is 0 Å². The Bertz CT molecular complexity index is 66.7. The Balaban J connectivity index is 3.23. The average Bonchev–Trinajstić information content (AvgIpc) is 1.72. The van der Waals surface area contributed by atoms with Gasteiger partial charge in [-0.05, 0) is 19.9 Å². The lowest BCUT2D eigenvalue weighted by Gasteiger charge is -2.01. The molecule has 0 amide bonds. The van der Waals surface area contributed by atoms with E-state index in [-0.39, 0.29) is 6.04 Å². The molecule has 1 radical (unpaired) electrons. The molecule has 0 aromatic carbocycles. The fourth-order valence-electron chi connectivity index (χ4n) is 0.378. The van der Waals surface area contributed by atoms with Gasteiger partial charge in [0.1, 0.15) is 0 Å². The van der Waals surface area contributed by atoms with E-state index in [1.807, 2.05) is 14.0 Å². The molecule has 1 heteroatoms. The lowest BCUT2D eigenvalue weighted by molar-refractivity contribution is 0.665. The molecule has 0 heterocycles. The van der Waals surface area contributed by atoms with Gasteiger partial charge in [0.25, 0.3) is 0 Å². The normalized spacial score (nSPS) is 12.7. The van der Waals surface area contributed by atoms with Crippen LogP contribution in [0.3, 0.4) is 0 Å². The molecule has 1 N–H and O–H groups in total. The van der Waals surface area contributed by atoms with Crippen molar-refractivity contribution in [3.05, 3.63) is 6.42 Å². The number of hydrogen-bond acceptors (Lipinski definition) is 1. The third kappa shape index (κ3) is 2.24. The summed E-state index contributed by atoms with van der Waals surface area (Å²) in [6.07, 6.45) is 7.59. The zero-order chi connectivity index (χ0) is 5.70. The van der Waals surface area contributed by atoms with E-state index in [0.717, 1.165) is 6.42 Å². The van der Waals surface area contributed by atoms with Crippen LogP contribution in [0.1, 0.15) is 13.3 Å². The van der Waals surface area contributed by atoms with Gasteiger partial charge in [-0.15, -0.1) is 0 Å². The van der Waals surface area contributed by atoms with E-state index in [1.165, 1.54) is 0 Å². The van der Waals surface area contributed by atoms with Crippen molar-refractivity contribution in [2.24, 2.45) is 0 Å². The van der Waals surface area contributed by atoms with Crippen molar-refractivity contribution in [3.63, 3.8) is 0 Å². The van der Waals surface area contributed by atoms with Crippen molar-refractivity contribution in [1.82, 2.24) is 5.32 Å². The minimum atomic E-state index is 0.153. The quantitative estimate of drug-likeness (QED) is 0.496. The molecule has 1 unspecified atom stereocenters. The van der Waals surface area contributed by atoms with Gasteiger partial charge in [-0.3, -0.25) is 0 Å². The summed E-state index contributed by atoms with van der Waals surface area (Å²) >= 11 is 0. The molecular formula is C6H10N. The molecule has 39 valence electrons. The zero-order valence-corrected chi connectivity index (χ0v) is 4.78. The maximum atomic E-state index is 6.65. The molecule has 1 nitrogen and oxygen atoms in total. The Morgan fingerprint density at radius 2 is 2.43 bits per heavy atom. The number of hydrogen-bond donors (Lipinski definition) is 1. The van der Waals surface area contributed by atoms with Gasteiger partial charge in [-0.1, -0.05) is 12.8 Å². The second kappa shape index (κ2) is 3.70. The molecular weight excluding hydrogens is 86.1 g/mol. The third-order valence-electron chi connectivity index (χ3n) is 0.931. The van der Waals surface area contributed by atoms with Gasteiger partial charge < -0.3 is 5.32 Å². The Kier molecular flexibility index (Phi) is 3.45. The van der Waals surface area contributed by atoms with Crippen molar-refractivity contribution in [3.8, 4) is 5.92 Å². The topological polar surface area (TPSA) is 12.0 Å². The second-order valence-corrected chi connectivity index (χ2v) is 1.39. The molecule has 7 heavy (non-hydrogen) atoms. The molecule has 0 saturated heterocycles. The number of nitrogens with one attached hydrogen (secondary N) is 1. The van der Waals surface area contributed by atoms with E-state index < -0.39 is 0 Å². The summed E-state index contributed by atoms with van der Waals surface area (Å²) in [4.78, 5) is 0. The molecule has 0 aliphatic carbocycles. The van der Waals surface area contributed by atoms with Gasteiger partial charge >= 0.3 is 0 Å². The standard InChI is InChI=1S/C6H10N/c1-4-6(5-2)7-3/h6-7H,4H2,1,3H3. The van der Waals surface area contributed by atoms with Crippen LogP contribution in [-0.2, 0) is 0 Å². The first kappa shape index (κ1) is 6.52. The summed E-state index contributed by atoms with van der Waals surface area (Å²) in [5.41, 5.74) is 0. The van der Waals surface area contributed by atoms with Gasteiger partial charge in [0, 0.05) is 0 Å². The van der Waals surface area contributed by atoms with Crippen LogP contribution >= 0.6 is 0 Å². The summed E-state index contributed by atoms with van der Waals surface area (Å²) < 4.78 is 0. The van der Waals surface area contributed by atoms with Crippen LogP contribution in [0.15, 0.2) is 0 Å². The lowest BCUT2D eigenvalue weighted by Crippen LogP contribution is -2.21. The summed E-state index contributed by atoms with van der Waals surface area (Å²) in [7, 11) is 1.83. The maximum Gasteiger partial charge on any atom is 0.0694 e. The second-order valence-electron chi connectivity index (χ2n) is 1.39. The van der Waals surface area contributed by atoms with Gasteiger partial charge in [-0.2, -0.15) is 0 Å². The largest absolute Gasteiger partial charge is 0.307 e. The highest BCUT2D eigenvalue weighted by molar-refractivity contribution is 4.91. The van der Waals surface area contributed by atoms with E-state index in [4.69, 9.17) is 6.42 Å². The molecule has 0 aliphatic rings. The van der Waals surface area contributed by atoms with Crippen LogP contribution in [0.2, 0.25) is 0 Å². The Hall–Kier alpha value is -0.480. The van der Waals surface area contributed by atoms with E-state index in [0.29, 0.717) is 0 Å². The van der Waals surface area contributed by atoms with E-state index >= 15 is 0 Å². The molecule has 0 spiro atoms. The van der Waals surface area contributed by atoms with Gasteiger partial charge in [0.15, 0.2) is 0 Å². The maximum absolute atomic E-state index is 6.65. The summed E-state index contributed by atoms with van der Waals surface area (Å²) in [6, 6.07) is 0.153. The fourth-order valence-corrected chi connectivity index (χ4v) is 0.378. The smallest absolute Gasteiger partial charge is 0.0694 e. The average molecular weight is 96.2 g/mol. The van der Waals surface area contributed by atoms with Gasteiger partial charge in [-0.25, -0.2) is 0 Å². The first-order valence-electron chi connectivity index (χ1n) is 2.44. The van der Waals surface area contributed by atoms with Crippen molar-refractivity contribution in [2.45, 2.75) is 19.4 Å². The van der Waals surface area contributed by atoms with E-state index in [2.05, 4.69) is 11.2 Å². The Morgan fingerprint density at radius 3 is 2.43 bits per heavy atom. The minimum Gasteiger partial charge on any atom is -0.307 e. The molecule has 0 bridgehead atoms. The summed E-state index contributed by atoms with van der Waals surface area (Å²) in [6.45, 7) is 2.02. The van der Waals surface area contributed by atoms with Crippen LogP contribution in [-0.4, -0.2) is 13.1 Å². The van der Waals surface area contributed by atoms with E-state index in [1.54, 1.807) is 0 Å². The third-order valence-corrected chi connectivity index (χ3v) is 0.931. The monoisotopic (exact) mass is 96.1 g/mol. The highest BCUT2D eigenvalue weighted by Gasteiger charge is 1.91. The molecule has 0 saturated carbocycles. The van der Waals surface area contributed by atoms with Crippen molar-refractivity contribution >= 4 is 0 Å². The van der Waals surface area contributed by atoms with Crippen LogP contribution in [0, 0.1) is 12.3 Å². The molecule has 0 aromatic rings. The lowest BCUT2D eigenvalue weighted by atomic mass is 10.2. The van der Waals surface area contributed by atoms with Crippen LogP contribution in [0.25, 0.3) is 0 Å². The predicted octanol–water partition coefficient (Wildman–Crippen LogP) is 0.574. The highest BCUT2D eigenvalue weighted by atomic mass is 14.8. The first-order valence-corrected chi connectivity index (χ1v) is 2.44. The molecule has 0 fully saturated rings. The SMILES string of the molecule is [C]#CC(CC)NC. The summed E-state index contributed by atoms with van der Waals surface area (Å²) in [5, 5.41) is 2.90. The van der Waals surface area contributed by atoms with Gasteiger partial charge in [0.2, 0.25) is 0 Å². The van der Waals surface area contributed by atoms with Gasteiger partial charge in [0.05, 0.1) is 6.04 Å². The zero-order valence-electron chi connectivity index (χ0n) is 4.78. The van der Waals surface area contributed by atoms with Crippen LogP contribution in [0.5, 0.6) is 0 Å². The Morgan fingerprint density at radius 1 is 1.86 bits per heavy atom. The summed E-state index contributed by atoms with van der Waals surface area (Å²) in [5.74, 6) is 2.34. The highest BCUT2D eigenvalue weighted by Crippen LogP contribution is 1.83. The van der Waals surface area contributed by atoms with Crippen LogP contribution < -0.4 is 5.32 Å². The molecule has 1 atom stereocenters. The molecule has 0 rings (SSSR count). The van der Waals surface area contributed by atoms with E-state index in [9.17, 15) is 0 Å². The first-order chi connectivity index (χ1) is 3.35. The minimum absolute atomic E-state index is 0.153. The molecule has 0 aliphatic heterocycles.